The van der Waals surface area contributed by atoms with Gasteiger partial charge in [0.1, 0.15) is 12.0 Å². The van der Waals surface area contributed by atoms with Crippen molar-refractivity contribution in [1.82, 2.24) is 15.5 Å². The van der Waals surface area contributed by atoms with Crippen LogP contribution in [0.1, 0.15) is 72.1 Å². The van der Waals surface area contributed by atoms with Crippen molar-refractivity contribution in [3.05, 3.63) is 29.3 Å². The molecule has 4 N–H and O–H groups in total. The standard InChI is InChI=1S/C25H38N4O6/c1-27-22(32)13-12-20(17-31)29(2)25(34)24-19(16-30)10-9-11-21(24)35-18-23(33)28-15-8-6-4-3-5-7-14-26/h9-11,16-17,20H,3-8,12-15,18,26H2,1-2H3,(H,27,32)(H,28,33). The summed E-state index contributed by atoms with van der Waals surface area (Å²) in [5, 5.41) is 5.25. The number of unbranched alkanes of at least 4 members (excludes halogenated alkanes) is 5. The zero-order chi connectivity index (χ0) is 26.1. The summed E-state index contributed by atoms with van der Waals surface area (Å²) in [6.07, 6.45) is 7.52. The molecule has 10 nitrogen and oxygen atoms in total. The predicted octanol–water partition coefficient (Wildman–Crippen LogP) is 1.46. The maximum atomic E-state index is 13.2. The summed E-state index contributed by atoms with van der Waals surface area (Å²) in [6.45, 7) is 0.912. The van der Waals surface area contributed by atoms with Gasteiger partial charge >= 0.3 is 0 Å². The molecule has 1 atom stereocenters. The van der Waals surface area contributed by atoms with Gasteiger partial charge in [0, 0.05) is 32.6 Å². The Balaban J connectivity index is 2.72. The number of likely N-dealkylation sites (N-methyl/N-ethyl adjacent to an activating group) is 1. The average Bonchev–Trinajstić information content (AvgIpc) is 2.88. The molecular formula is C25H38N4O6. The van der Waals surface area contributed by atoms with E-state index in [-0.39, 0.29) is 48.1 Å². The highest BCUT2D eigenvalue weighted by Gasteiger charge is 2.26. The number of carbonyl (C=O) groups excluding carboxylic acids is 5. The van der Waals surface area contributed by atoms with Crippen molar-refractivity contribution < 1.29 is 28.7 Å². The zero-order valence-corrected chi connectivity index (χ0v) is 20.7. The molecule has 0 fully saturated rings. The van der Waals surface area contributed by atoms with Gasteiger partial charge < -0.3 is 30.8 Å². The molecule has 3 amide bonds. The zero-order valence-electron chi connectivity index (χ0n) is 20.7. The van der Waals surface area contributed by atoms with Crippen LogP contribution in [0.4, 0.5) is 0 Å². The fourth-order valence-corrected chi connectivity index (χ4v) is 3.48. The van der Waals surface area contributed by atoms with Gasteiger partial charge in [-0.1, -0.05) is 37.8 Å². The van der Waals surface area contributed by atoms with Crippen LogP contribution in [-0.4, -0.2) is 75.0 Å². The van der Waals surface area contributed by atoms with Crippen LogP contribution in [0.15, 0.2) is 18.2 Å². The van der Waals surface area contributed by atoms with E-state index in [0.29, 0.717) is 25.7 Å². The highest BCUT2D eigenvalue weighted by molar-refractivity contribution is 6.04. The largest absolute Gasteiger partial charge is 0.483 e. The molecule has 35 heavy (non-hydrogen) atoms. The van der Waals surface area contributed by atoms with E-state index in [2.05, 4.69) is 10.6 Å². The summed E-state index contributed by atoms with van der Waals surface area (Å²) >= 11 is 0. The van der Waals surface area contributed by atoms with Crippen molar-refractivity contribution in [3.8, 4) is 5.75 Å². The number of nitrogens with one attached hydrogen (secondary N) is 2. The molecule has 194 valence electrons. The Bertz CT molecular complexity index is 845. The first kappa shape index (κ1) is 29.8. The van der Waals surface area contributed by atoms with E-state index in [0.717, 1.165) is 38.5 Å². The topological polar surface area (TPSA) is 148 Å². The summed E-state index contributed by atoms with van der Waals surface area (Å²) in [4.78, 5) is 61.2. The van der Waals surface area contributed by atoms with Crippen molar-refractivity contribution >= 4 is 30.3 Å². The van der Waals surface area contributed by atoms with Crippen LogP contribution in [0.25, 0.3) is 0 Å². The molecule has 0 aliphatic carbocycles. The molecule has 0 heterocycles. The summed E-state index contributed by atoms with van der Waals surface area (Å²) in [5.41, 5.74) is 5.51. The van der Waals surface area contributed by atoms with E-state index in [1.54, 1.807) is 6.07 Å². The van der Waals surface area contributed by atoms with E-state index >= 15 is 0 Å². The number of amides is 3. The lowest BCUT2D eigenvalue weighted by molar-refractivity contribution is -0.123. The second-order valence-corrected chi connectivity index (χ2v) is 8.22. The van der Waals surface area contributed by atoms with Gasteiger partial charge in [-0.05, 0) is 31.9 Å². The summed E-state index contributed by atoms with van der Waals surface area (Å²) in [6, 6.07) is 3.62. The minimum absolute atomic E-state index is 0.0397. The molecule has 0 aliphatic heterocycles. The molecule has 10 heteroatoms. The molecule has 1 rings (SSSR count). The number of nitrogens with zero attached hydrogens (tertiary/aromatic N) is 1. The van der Waals surface area contributed by atoms with Crippen LogP contribution in [0.5, 0.6) is 5.75 Å². The van der Waals surface area contributed by atoms with Crippen molar-refractivity contribution in [2.24, 2.45) is 5.73 Å². The van der Waals surface area contributed by atoms with Gasteiger partial charge in [-0.2, -0.15) is 0 Å². The first-order chi connectivity index (χ1) is 16.9. The van der Waals surface area contributed by atoms with Crippen LogP contribution in [0, 0.1) is 0 Å². The van der Waals surface area contributed by atoms with Crippen LogP contribution >= 0.6 is 0 Å². The molecule has 1 aromatic carbocycles. The van der Waals surface area contributed by atoms with E-state index in [1.165, 1.54) is 31.1 Å². The monoisotopic (exact) mass is 490 g/mol. The van der Waals surface area contributed by atoms with Crippen LogP contribution in [-0.2, 0) is 14.4 Å². The van der Waals surface area contributed by atoms with Crippen molar-refractivity contribution in [2.45, 2.75) is 57.4 Å². The smallest absolute Gasteiger partial charge is 0.258 e. The van der Waals surface area contributed by atoms with Crippen molar-refractivity contribution in [2.75, 3.05) is 33.8 Å². The van der Waals surface area contributed by atoms with Gasteiger partial charge in [0.2, 0.25) is 5.91 Å². The van der Waals surface area contributed by atoms with Gasteiger partial charge in [0.25, 0.3) is 11.8 Å². The number of hydrogen-bond donors (Lipinski definition) is 3. The number of rotatable bonds is 18. The van der Waals surface area contributed by atoms with E-state index in [4.69, 9.17) is 10.5 Å². The lowest BCUT2D eigenvalue weighted by atomic mass is 10.0. The Hall–Kier alpha value is -3.27. The number of benzene rings is 1. The number of carbonyl (C=O) groups is 5. The van der Waals surface area contributed by atoms with E-state index in [1.807, 2.05) is 0 Å². The Morgan fingerprint density at radius 1 is 1.06 bits per heavy atom. The van der Waals surface area contributed by atoms with E-state index in [9.17, 15) is 24.0 Å². The highest BCUT2D eigenvalue weighted by atomic mass is 16.5. The van der Waals surface area contributed by atoms with Crippen molar-refractivity contribution in [3.63, 3.8) is 0 Å². The summed E-state index contributed by atoms with van der Waals surface area (Å²) in [5.74, 6) is -1.15. The average molecular weight is 491 g/mol. The molecule has 0 bridgehead atoms. The molecule has 0 saturated carbocycles. The molecule has 0 spiro atoms. The molecular weight excluding hydrogens is 452 g/mol. The number of nitrogens with two attached hydrogens (primary N) is 1. The van der Waals surface area contributed by atoms with Crippen LogP contribution in [0.3, 0.4) is 0 Å². The maximum absolute atomic E-state index is 13.2. The number of hydrogen-bond acceptors (Lipinski definition) is 7. The quantitative estimate of drug-likeness (QED) is 0.208. The number of aldehydes is 2. The van der Waals surface area contributed by atoms with Crippen LogP contribution in [0.2, 0.25) is 0 Å². The second kappa shape index (κ2) is 17.2. The third-order valence-corrected chi connectivity index (χ3v) is 5.63. The molecule has 0 radical (unpaired) electrons. The van der Waals surface area contributed by atoms with Crippen LogP contribution < -0.4 is 21.1 Å². The van der Waals surface area contributed by atoms with Gasteiger partial charge in [0.05, 0.1) is 11.6 Å². The minimum Gasteiger partial charge on any atom is -0.483 e. The third-order valence-electron chi connectivity index (χ3n) is 5.63. The fourth-order valence-electron chi connectivity index (χ4n) is 3.48. The molecule has 1 aromatic rings. The first-order valence-corrected chi connectivity index (χ1v) is 12.0. The second-order valence-electron chi connectivity index (χ2n) is 8.22. The normalized spacial score (nSPS) is 11.3. The van der Waals surface area contributed by atoms with E-state index < -0.39 is 11.9 Å². The molecule has 0 aromatic heterocycles. The van der Waals surface area contributed by atoms with Crippen molar-refractivity contribution in [1.29, 1.82) is 0 Å². The highest BCUT2D eigenvalue weighted by Crippen LogP contribution is 2.24. The maximum Gasteiger partial charge on any atom is 0.258 e. The summed E-state index contributed by atoms with van der Waals surface area (Å²) < 4.78 is 5.58. The Labute approximate surface area is 206 Å². The SMILES string of the molecule is CNC(=O)CCC(C=O)N(C)C(=O)c1c(C=O)cccc1OCC(=O)NCCCCCCCCN. The van der Waals surface area contributed by atoms with Gasteiger partial charge in [-0.15, -0.1) is 0 Å². The van der Waals surface area contributed by atoms with Gasteiger partial charge in [-0.3, -0.25) is 19.2 Å². The van der Waals surface area contributed by atoms with Gasteiger partial charge in [0.15, 0.2) is 12.9 Å². The van der Waals surface area contributed by atoms with Gasteiger partial charge in [-0.25, -0.2) is 0 Å². The fraction of sp³-hybridized carbons (Fsp3) is 0.560. The minimum atomic E-state index is -0.869. The lowest BCUT2D eigenvalue weighted by Crippen LogP contribution is -2.39. The third kappa shape index (κ3) is 10.7. The predicted molar refractivity (Wildman–Crippen MR) is 132 cm³/mol. The lowest BCUT2D eigenvalue weighted by Gasteiger charge is -2.25. The Kier molecular flexibility index (Phi) is 14.6. The number of ether oxygens (including phenoxy) is 1. The Morgan fingerprint density at radius 3 is 2.37 bits per heavy atom. The first-order valence-electron chi connectivity index (χ1n) is 12.0. The molecule has 0 aliphatic rings. The Morgan fingerprint density at radius 2 is 1.74 bits per heavy atom. The summed E-state index contributed by atoms with van der Waals surface area (Å²) in [7, 11) is 2.90. The molecule has 0 saturated heterocycles. The molecule has 1 unspecified atom stereocenters.